The van der Waals surface area contributed by atoms with Gasteiger partial charge in [-0.2, -0.15) is 0 Å². The van der Waals surface area contributed by atoms with E-state index >= 15 is 0 Å². The van der Waals surface area contributed by atoms with Crippen LogP contribution >= 0.6 is 0 Å². The van der Waals surface area contributed by atoms with Crippen molar-refractivity contribution >= 4 is 6.03 Å². The van der Waals surface area contributed by atoms with Gasteiger partial charge in [0.2, 0.25) is 0 Å². The molecule has 1 atom stereocenters. The van der Waals surface area contributed by atoms with E-state index < -0.39 is 0 Å². The van der Waals surface area contributed by atoms with Crippen LogP contribution in [0.1, 0.15) is 25.8 Å². The maximum Gasteiger partial charge on any atom is 0.317 e. The highest BCUT2D eigenvalue weighted by Gasteiger charge is 2.22. The molecular formula is C18H29N3O3. The minimum absolute atomic E-state index is 0.0128. The highest BCUT2D eigenvalue weighted by molar-refractivity contribution is 5.74. The maximum atomic E-state index is 12.2. The molecule has 1 aliphatic rings. The Labute approximate surface area is 144 Å². The molecular weight excluding hydrogens is 306 g/mol. The Hall–Kier alpha value is -1.95. The lowest BCUT2D eigenvalue weighted by atomic mass is 10.1. The van der Waals surface area contributed by atoms with Gasteiger partial charge in [-0.15, -0.1) is 0 Å². The van der Waals surface area contributed by atoms with E-state index in [9.17, 15) is 4.79 Å². The van der Waals surface area contributed by atoms with E-state index in [1.165, 1.54) is 0 Å². The third kappa shape index (κ3) is 5.03. The number of benzene rings is 1. The summed E-state index contributed by atoms with van der Waals surface area (Å²) >= 11 is 0. The van der Waals surface area contributed by atoms with E-state index in [1.54, 1.807) is 7.11 Å². The average Bonchev–Trinajstić information content (AvgIpc) is 2.60. The Balaban J connectivity index is 1.84. The number of carbonyl (C=O) groups is 1. The van der Waals surface area contributed by atoms with E-state index in [4.69, 9.17) is 9.47 Å². The van der Waals surface area contributed by atoms with Crippen molar-refractivity contribution in [3.63, 3.8) is 0 Å². The van der Waals surface area contributed by atoms with Gasteiger partial charge in [0.05, 0.1) is 13.7 Å². The quantitative estimate of drug-likeness (QED) is 0.800. The standard InChI is InChI=1S/C18H29N3O3/c1-4-11-24-16-6-5-15(12-17(16)23-3)7-8-20-18(22)21-10-9-19-13-14(21)2/h5-6,12,14,19H,4,7-11,13H2,1-3H3,(H,20,22)/t14-/m1/s1. The molecule has 0 radical (unpaired) electrons. The van der Waals surface area contributed by atoms with Crippen LogP contribution in [-0.4, -0.2) is 56.9 Å². The van der Waals surface area contributed by atoms with Gasteiger partial charge < -0.3 is 25.0 Å². The normalized spacial score (nSPS) is 17.5. The van der Waals surface area contributed by atoms with Gasteiger partial charge in [-0.05, 0) is 37.5 Å². The van der Waals surface area contributed by atoms with Crippen LogP contribution in [0.4, 0.5) is 4.79 Å². The van der Waals surface area contributed by atoms with E-state index in [-0.39, 0.29) is 12.1 Å². The second-order valence-electron chi connectivity index (χ2n) is 6.06. The van der Waals surface area contributed by atoms with Crippen molar-refractivity contribution in [2.75, 3.05) is 39.9 Å². The lowest BCUT2D eigenvalue weighted by Gasteiger charge is -2.33. The molecule has 1 aromatic rings. The zero-order valence-corrected chi connectivity index (χ0v) is 14.9. The van der Waals surface area contributed by atoms with Crippen molar-refractivity contribution in [2.45, 2.75) is 32.7 Å². The van der Waals surface area contributed by atoms with Gasteiger partial charge in [0, 0.05) is 32.2 Å². The summed E-state index contributed by atoms with van der Waals surface area (Å²) in [5, 5.41) is 6.29. The summed E-state index contributed by atoms with van der Waals surface area (Å²) in [7, 11) is 1.64. The third-order valence-electron chi connectivity index (χ3n) is 4.14. The third-order valence-corrected chi connectivity index (χ3v) is 4.14. The Morgan fingerprint density at radius 1 is 1.42 bits per heavy atom. The van der Waals surface area contributed by atoms with Gasteiger partial charge in [-0.25, -0.2) is 4.79 Å². The largest absolute Gasteiger partial charge is 0.493 e. The van der Waals surface area contributed by atoms with Gasteiger partial charge in [0.1, 0.15) is 0 Å². The predicted octanol–water partition coefficient (Wildman–Crippen LogP) is 2.03. The SMILES string of the molecule is CCCOc1ccc(CCNC(=O)N2CCNC[C@H]2C)cc1OC. The zero-order valence-electron chi connectivity index (χ0n) is 14.9. The Morgan fingerprint density at radius 2 is 2.25 bits per heavy atom. The van der Waals surface area contributed by atoms with E-state index in [2.05, 4.69) is 24.5 Å². The highest BCUT2D eigenvalue weighted by Crippen LogP contribution is 2.28. The van der Waals surface area contributed by atoms with Crippen molar-refractivity contribution < 1.29 is 14.3 Å². The van der Waals surface area contributed by atoms with Gasteiger partial charge in [0.15, 0.2) is 11.5 Å². The predicted molar refractivity (Wildman–Crippen MR) is 94.9 cm³/mol. The molecule has 2 rings (SSSR count). The summed E-state index contributed by atoms with van der Waals surface area (Å²) in [4.78, 5) is 14.1. The molecule has 0 aliphatic carbocycles. The summed E-state index contributed by atoms with van der Waals surface area (Å²) in [6, 6.07) is 6.18. The molecule has 0 aromatic heterocycles. The minimum Gasteiger partial charge on any atom is -0.493 e. The van der Waals surface area contributed by atoms with E-state index in [0.717, 1.165) is 49.5 Å². The van der Waals surface area contributed by atoms with Crippen LogP contribution in [0, 0.1) is 0 Å². The molecule has 1 aliphatic heterocycles. The Morgan fingerprint density at radius 3 is 2.96 bits per heavy atom. The van der Waals surface area contributed by atoms with Crippen LogP contribution < -0.4 is 20.1 Å². The average molecular weight is 335 g/mol. The van der Waals surface area contributed by atoms with Gasteiger partial charge in [0.25, 0.3) is 0 Å². The molecule has 0 unspecified atom stereocenters. The van der Waals surface area contributed by atoms with Crippen molar-refractivity contribution in [1.82, 2.24) is 15.5 Å². The molecule has 134 valence electrons. The lowest BCUT2D eigenvalue weighted by Crippen LogP contribution is -2.55. The first-order chi connectivity index (χ1) is 11.7. The van der Waals surface area contributed by atoms with Crippen molar-refractivity contribution in [3.05, 3.63) is 23.8 Å². The fourth-order valence-electron chi connectivity index (χ4n) is 2.76. The highest BCUT2D eigenvalue weighted by atomic mass is 16.5. The number of nitrogens with zero attached hydrogens (tertiary/aromatic N) is 1. The molecule has 1 fully saturated rings. The van der Waals surface area contributed by atoms with Crippen molar-refractivity contribution in [2.24, 2.45) is 0 Å². The van der Waals surface area contributed by atoms with Crippen LogP contribution in [0.2, 0.25) is 0 Å². The molecule has 2 N–H and O–H groups in total. The maximum absolute atomic E-state index is 12.2. The summed E-state index contributed by atoms with van der Waals surface area (Å²) < 4.78 is 11.1. The van der Waals surface area contributed by atoms with Crippen LogP contribution in [0.3, 0.4) is 0 Å². The first-order valence-corrected chi connectivity index (χ1v) is 8.70. The van der Waals surface area contributed by atoms with Crippen molar-refractivity contribution in [1.29, 1.82) is 0 Å². The number of carbonyl (C=O) groups excluding carboxylic acids is 1. The number of rotatable bonds is 7. The molecule has 0 spiro atoms. The first-order valence-electron chi connectivity index (χ1n) is 8.70. The summed E-state index contributed by atoms with van der Waals surface area (Å²) in [5.41, 5.74) is 1.12. The molecule has 1 heterocycles. The number of ether oxygens (including phenoxy) is 2. The summed E-state index contributed by atoms with van der Waals surface area (Å²) in [6.07, 6.45) is 1.72. The Kier molecular flexibility index (Phi) is 7.18. The fraction of sp³-hybridized carbons (Fsp3) is 0.611. The van der Waals surface area contributed by atoms with E-state index in [0.29, 0.717) is 13.2 Å². The molecule has 1 aromatic carbocycles. The van der Waals surface area contributed by atoms with Gasteiger partial charge in [-0.3, -0.25) is 0 Å². The molecule has 0 saturated carbocycles. The number of hydrogen-bond donors (Lipinski definition) is 2. The number of hydrogen-bond acceptors (Lipinski definition) is 4. The van der Waals surface area contributed by atoms with Gasteiger partial charge >= 0.3 is 6.03 Å². The molecule has 24 heavy (non-hydrogen) atoms. The summed E-state index contributed by atoms with van der Waals surface area (Å²) in [5.74, 6) is 1.50. The smallest absolute Gasteiger partial charge is 0.317 e. The van der Waals surface area contributed by atoms with E-state index in [1.807, 2.05) is 23.1 Å². The second-order valence-corrected chi connectivity index (χ2v) is 6.06. The fourth-order valence-corrected chi connectivity index (χ4v) is 2.76. The number of piperazine rings is 1. The number of methoxy groups -OCH3 is 1. The number of urea groups is 1. The number of amides is 2. The summed E-state index contributed by atoms with van der Waals surface area (Å²) in [6.45, 7) is 7.87. The molecule has 6 nitrogen and oxygen atoms in total. The molecule has 1 saturated heterocycles. The topological polar surface area (TPSA) is 62.8 Å². The lowest BCUT2D eigenvalue weighted by molar-refractivity contribution is 0.165. The monoisotopic (exact) mass is 335 g/mol. The second kappa shape index (κ2) is 9.37. The van der Waals surface area contributed by atoms with Crippen LogP contribution in [0.25, 0.3) is 0 Å². The van der Waals surface area contributed by atoms with Crippen LogP contribution in [0.15, 0.2) is 18.2 Å². The Bertz CT molecular complexity index is 536. The molecule has 6 heteroatoms. The molecule has 2 amide bonds. The zero-order chi connectivity index (χ0) is 17.4. The van der Waals surface area contributed by atoms with Crippen LogP contribution in [0.5, 0.6) is 11.5 Å². The van der Waals surface area contributed by atoms with Crippen molar-refractivity contribution in [3.8, 4) is 11.5 Å². The number of nitrogens with one attached hydrogen (secondary N) is 2. The minimum atomic E-state index is 0.0128. The van der Waals surface area contributed by atoms with Gasteiger partial charge in [-0.1, -0.05) is 13.0 Å². The van der Waals surface area contributed by atoms with Crippen LogP contribution in [-0.2, 0) is 6.42 Å². The first kappa shape index (κ1) is 18.4. The molecule has 0 bridgehead atoms.